The number of guanidine groups is 1. The number of anilines is 2. The fourth-order valence-electron chi connectivity index (χ4n) is 4.07. The minimum absolute atomic E-state index is 0.163. The predicted octanol–water partition coefficient (Wildman–Crippen LogP) is 3.16. The van der Waals surface area contributed by atoms with Gasteiger partial charge in [-0.25, -0.2) is 4.79 Å². The van der Waals surface area contributed by atoms with E-state index < -0.39 is 5.97 Å². The average molecular weight is 439 g/mol. The number of hydrogen-bond acceptors (Lipinski definition) is 5. The molecule has 2 fully saturated rings. The van der Waals surface area contributed by atoms with Crippen LogP contribution >= 0.6 is 0 Å². The summed E-state index contributed by atoms with van der Waals surface area (Å²) in [5, 5.41) is 12.5. The molecule has 2 aromatic carbocycles. The average Bonchev–Trinajstić information content (AvgIpc) is 3.36. The summed E-state index contributed by atoms with van der Waals surface area (Å²) in [6.07, 6.45) is 2.28. The molecule has 0 spiro atoms. The third kappa shape index (κ3) is 5.31. The Hall–Kier alpha value is -3.26. The van der Waals surface area contributed by atoms with E-state index in [1.165, 1.54) is 0 Å². The molecule has 2 aliphatic heterocycles. The van der Waals surface area contributed by atoms with Crippen LogP contribution in [0.15, 0.2) is 53.5 Å². The fourth-order valence-corrected chi connectivity index (χ4v) is 4.07. The predicted molar refractivity (Wildman–Crippen MR) is 125 cm³/mol. The summed E-state index contributed by atoms with van der Waals surface area (Å²) in [5.74, 6) is 0.740. The Morgan fingerprint density at radius 3 is 2.56 bits per heavy atom. The van der Waals surface area contributed by atoms with E-state index in [0.29, 0.717) is 6.54 Å². The van der Waals surface area contributed by atoms with Crippen LogP contribution in [0, 0.1) is 0 Å². The van der Waals surface area contributed by atoms with E-state index >= 15 is 0 Å². The first-order valence-corrected chi connectivity index (χ1v) is 11.0. The number of ether oxygens (including phenoxy) is 2. The Balaban J connectivity index is 1.46. The monoisotopic (exact) mass is 438 g/mol. The second kappa shape index (κ2) is 10.4. The van der Waals surface area contributed by atoms with Crippen molar-refractivity contribution in [3.8, 4) is 5.75 Å². The molecule has 0 aromatic heterocycles. The lowest BCUT2D eigenvalue weighted by Crippen LogP contribution is -2.51. The van der Waals surface area contributed by atoms with Gasteiger partial charge >= 0.3 is 5.97 Å². The molecule has 2 aromatic rings. The highest BCUT2D eigenvalue weighted by molar-refractivity contribution is 5.95. The molecule has 8 nitrogen and oxygen atoms in total. The number of aliphatic imine (C=N–C) groups is 1. The van der Waals surface area contributed by atoms with E-state index in [-0.39, 0.29) is 11.7 Å². The first kappa shape index (κ1) is 22.0. The van der Waals surface area contributed by atoms with Crippen LogP contribution in [0.25, 0.3) is 0 Å². The van der Waals surface area contributed by atoms with E-state index in [4.69, 9.17) is 19.6 Å². The summed E-state index contributed by atoms with van der Waals surface area (Å²) in [6.45, 7) is 4.72. The maximum Gasteiger partial charge on any atom is 0.335 e. The van der Waals surface area contributed by atoms with Crippen molar-refractivity contribution < 1.29 is 19.4 Å². The second-order valence-electron chi connectivity index (χ2n) is 7.95. The van der Waals surface area contributed by atoms with Gasteiger partial charge in [-0.05, 0) is 49.2 Å². The summed E-state index contributed by atoms with van der Waals surface area (Å²) in [6, 6.07) is 14.8. The minimum atomic E-state index is -0.934. The molecule has 32 heavy (non-hydrogen) atoms. The molecule has 0 radical (unpaired) electrons. The van der Waals surface area contributed by atoms with Crippen LogP contribution in [0.2, 0.25) is 0 Å². The van der Waals surface area contributed by atoms with Gasteiger partial charge in [0.1, 0.15) is 5.75 Å². The Morgan fingerprint density at radius 2 is 1.91 bits per heavy atom. The number of nitrogens with zero attached hydrogens (tertiary/aromatic N) is 3. The van der Waals surface area contributed by atoms with Crippen molar-refractivity contribution in [2.45, 2.75) is 18.9 Å². The van der Waals surface area contributed by atoms with E-state index in [2.05, 4.69) is 21.2 Å². The quantitative estimate of drug-likeness (QED) is 0.529. The number of nitrogens with one attached hydrogen (secondary N) is 1. The zero-order chi connectivity index (χ0) is 22.3. The van der Waals surface area contributed by atoms with Crippen LogP contribution in [-0.2, 0) is 4.74 Å². The van der Waals surface area contributed by atoms with Crippen LogP contribution in [0.1, 0.15) is 23.2 Å². The van der Waals surface area contributed by atoms with Crippen LogP contribution in [0.3, 0.4) is 0 Å². The molecule has 0 bridgehead atoms. The van der Waals surface area contributed by atoms with Crippen molar-refractivity contribution in [2.24, 2.45) is 4.99 Å². The Morgan fingerprint density at radius 1 is 1.16 bits per heavy atom. The fraction of sp³-hybridized carbons (Fsp3) is 0.417. The van der Waals surface area contributed by atoms with Crippen LogP contribution in [0.5, 0.6) is 5.75 Å². The lowest BCUT2D eigenvalue weighted by molar-refractivity contribution is 0.0697. The molecular weight excluding hydrogens is 408 g/mol. The first-order chi connectivity index (χ1) is 15.6. The van der Waals surface area contributed by atoms with Gasteiger partial charge in [-0.15, -0.1) is 0 Å². The maximum atomic E-state index is 11.1. The smallest absolute Gasteiger partial charge is 0.335 e. The van der Waals surface area contributed by atoms with Gasteiger partial charge in [0, 0.05) is 38.5 Å². The number of hydrogen-bond donors (Lipinski definition) is 2. The second-order valence-corrected chi connectivity index (χ2v) is 7.95. The largest absolute Gasteiger partial charge is 0.495 e. The molecule has 0 amide bonds. The minimum Gasteiger partial charge on any atom is -0.495 e. The highest BCUT2D eigenvalue weighted by Crippen LogP contribution is 2.28. The molecule has 8 heteroatoms. The summed E-state index contributed by atoms with van der Waals surface area (Å²) in [4.78, 5) is 20.6. The van der Waals surface area contributed by atoms with Gasteiger partial charge in [0.2, 0.25) is 0 Å². The number of benzene rings is 2. The van der Waals surface area contributed by atoms with Crippen LogP contribution in [0.4, 0.5) is 11.4 Å². The highest BCUT2D eigenvalue weighted by atomic mass is 16.5. The first-order valence-electron chi connectivity index (χ1n) is 11.0. The molecular formula is C24H30N4O4. The maximum absolute atomic E-state index is 11.1. The topological polar surface area (TPSA) is 86.6 Å². The van der Waals surface area contributed by atoms with Gasteiger partial charge < -0.3 is 29.7 Å². The number of rotatable bonds is 6. The van der Waals surface area contributed by atoms with E-state index in [9.17, 15) is 4.79 Å². The molecule has 2 N–H and O–H groups in total. The molecule has 1 atom stereocenters. The zero-order valence-electron chi connectivity index (χ0n) is 18.4. The number of aromatic carboxylic acids is 1. The van der Waals surface area contributed by atoms with Crippen molar-refractivity contribution in [2.75, 3.05) is 56.7 Å². The molecule has 2 saturated heterocycles. The van der Waals surface area contributed by atoms with Gasteiger partial charge in [-0.2, -0.15) is 0 Å². The number of carbonyl (C=O) groups is 1. The Bertz CT molecular complexity index is 933. The molecule has 0 aliphatic carbocycles. The summed E-state index contributed by atoms with van der Waals surface area (Å²) >= 11 is 0. The van der Waals surface area contributed by atoms with Gasteiger partial charge in [0.15, 0.2) is 5.96 Å². The number of para-hydroxylation sites is 2. The molecule has 170 valence electrons. The summed E-state index contributed by atoms with van der Waals surface area (Å²) < 4.78 is 11.3. The van der Waals surface area contributed by atoms with Crippen molar-refractivity contribution >= 4 is 23.3 Å². The molecule has 0 unspecified atom stereocenters. The Kier molecular flexibility index (Phi) is 7.11. The van der Waals surface area contributed by atoms with Gasteiger partial charge in [-0.3, -0.25) is 4.99 Å². The number of carboxylic acid groups (broad SMARTS) is 1. The standard InChI is InChI=1S/C24H30N4O4/c1-31-22-7-3-2-6-21(22)27-12-14-28(15-13-27)24(25-17-20-5-4-16-32-20)26-19-10-8-18(9-11-19)23(29)30/h2-3,6-11,20H,4-5,12-17H2,1H3,(H,25,26)(H,29,30)/t20-/m0/s1. The molecule has 4 rings (SSSR count). The van der Waals surface area contributed by atoms with Gasteiger partial charge in [0.05, 0.1) is 31.0 Å². The van der Waals surface area contributed by atoms with Crippen molar-refractivity contribution in [1.82, 2.24) is 4.90 Å². The third-order valence-corrected chi connectivity index (χ3v) is 5.86. The lowest BCUT2D eigenvalue weighted by atomic mass is 10.2. The molecule has 0 saturated carbocycles. The van der Waals surface area contributed by atoms with Crippen molar-refractivity contribution in [3.63, 3.8) is 0 Å². The van der Waals surface area contributed by atoms with Crippen LogP contribution in [-0.4, -0.2) is 74.5 Å². The lowest BCUT2D eigenvalue weighted by Gasteiger charge is -2.38. The van der Waals surface area contributed by atoms with E-state index in [0.717, 1.165) is 68.7 Å². The highest BCUT2D eigenvalue weighted by Gasteiger charge is 2.23. The Labute approximate surface area is 188 Å². The number of piperazine rings is 1. The normalized spacial score (nSPS) is 19.2. The van der Waals surface area contributed by atoms with E-state index in [1.54, 1.807) is 31.4 Å². The molecule has 2 aliphatic rings. The third-order valence-electron chi connectivity index (χ3n) is 5.86. The number of methoxy groups -OCH3 is 1. The van der Waals surface area contributed by atoms with Gasteiger partial charge in [-0.1, -0.05) is 12.1 Å². The van der Waals surface area contributed by atoms with Crippen molar-refractivity contribution in [3.05, 3.63) is 54.1 Å². The zero-order valence-corrected chi connectivity index (χ0v) is 18.4. The number of carboxylic acids is 1. The molecule has 2 heterocycles. The van der Waals surface area contributed by atoms with Gasteiger partial charge in [0.25, 0.3) is 0 Å². The summed E-state index contributed by atoms with van der Waals surface area (Å²) in [5.41, 5.74) is 2.18. The summed E-state index contributed by atoms with van der Waals surface area (Å²) in [7, 11) is 1.70. The SMILES string of the molecule is COc1ccccc1N1CCN(C(=NC[C@@H]2CCCO2)Nc2ccc(C(=O)O)cc2)CC1. The van der Waals surface area contributed by atoms with Crippen molar-refractivity contribution in [1.29, 1.82) is 0 Å². The van der Waals surface area contributed by atoms with E-state index in [1.807, 2.05) is 18.2 Å². The van der Waals surface area contributed by atoms with Crippen LogP contribution < -0.4 is 15.0 Å².